The Labute approximate surface area is 138 Å². The van der Waals surface area contributed by atoms with Gasteiger partial charge < -0.3 is 10.1 Å². The fourth-order valence-electron chi connectivity index (χ4n) is 3.06. The van der Waals surface area contributed by atoms with Crippen LogP contribution in [0.25, 0.3) is 0 Å². The van der Waals surface area contributed by atoms with E-state index < -0.39 is 0 Å². The number of anilines is 1. The molecule has 1 heterocycles. The second-order valence-electron chi connectivity index (χ2n) is 5.98. The van der Waals surface area contributed by atoms with E-state index in [2.05, 4.69) is 12.2 Å². The van der Waals surface area contributed by atoms with Crippen molar-refractivity contribution in [1.82, 2.24) is 0 Å². The van der Waals surface area contributed by atoms with Gasteiger partial charge in [-0.1, -0.05) is 39.0 Å². The molecule has 0 saturated carbocycles. The van der Waals surface area contributed by atoms with Crippen LogP contribution in [0.5, 0.6) is 0 Å². The summed E-state index contributed by atoms with van der Waals surface area (Å²) in [5.41, 5.74) is 2.07. The first kappa shape index (κ1) is 17.3. The number of hydrogen-bond donors (Lipinski definition) is 1. The molecule has 0 fully saturated rings. The summed E-state index contributed by atoms with van der Waals surface area (Å²) in [4.78, 5) is 13.6. The van der Waals surface area contributed by atoms with E-state index >= 15 is 0 Å². The maximum Gasteiger partial charge on any atom is 0.341 e. The molecular formula is C18H29NO2S. The van der Waals surface area contributed by atoms with Crippen molar-refractivity contribution >= 4 is 22.3 Å². The first-order valence-corrected chi connectivity index (χ1v) is 9.65. The van der Waals surface area contributed by atoms with Gasteiger partial charge in [0.25, 0.3) is 0 Å². The number of carbonyl (C=O) groups excluding carboxylic acids is 1. The van der Waals surface area contributed by atoms with E-state index in [1.54, 1.807) is 11.3 Å². The Kier molecular flexibility index (Phi) is 7.23. The van der Waals surface area contributed by atoms with E-state index in [1.165, 1.54) is 55.4 Å². The summed E-state index contributed by atoms with van der Waals surface area (Å²) < 4.78 is 5.25. The zero-order valence-corrected chi connectivity index (χ0v) is 14.8. The highest BCUT2D eigenvalue weighted by Gasteiger charge is 2.27. The molecule has 0 unspecified atom stereocenters. The topological polar surface area (TPSA) is 38.3 Å². The maximum absolute atomic E-state index is 12.2. The summed E-state index contributed by atoms with van der Waals surface area (Å²) in [5, 5.41) is 4.53. The molecule has 0 spiro atoms. The van der Waals surface area contributed by atoms with Crippen molar-refractivity contribution in [2.45, 2.75) is 71.6 Å². The molecule has 0 aromatic carbocycles. The van der Waals surface area contributed by atoms with Crippen LogP contribution in [0.4, 0.5) is 5.00 Å². The number of fused-ring (bicyclic) bond motifs is 1. The Hall–Kier alpha value is -1.03. The molecule has 3 nitrogen and oxygen atoms in total. The number of nitrogens with one attached hydrogen (secondary N) is 1. The largest absolute Gasteiger partial charge is 0.462 e. The van der Waals surface area contributed by atoms with Crippen LogP contribution >= 0.6 is 11.3 Å². The minimum Gasteiger partial charge on any atom is -0.462 e. The monoisotopic (exact) mass is 323 g/mol. The van der Waals surface area contributed by atoms with Crippen LogP contribution in [-0.2, 0) is 17.6 Å². The molecule has 0 aliphatic heterocycles. The van der Waals surface area contributed by atoms with E-state index in [-0.39, 0.29) is 5.97 Å². The van der Waals surface area contributed by atoms with Gasteiger partial charge in [-0.25, -0.2) is 4.79 Å². The maximum atomic E-state index is 12.2. The quantitative estimate of drug-likeness (QED) is 0.476. The molecule has 2 rings (SSSR count). The molecule has 4 heteroatoms. The minimum absolute atomic E-state index is 0.146. The molecule has 1 aliphatic rings. The van der Waals surface area contributed by atoms with Gasteiger partial charge in [0.05, 0.1) is 12.2 Å². The van der Waals surface area contributed by atoms with Crippen molar-refractivity contribution in [2.24, 2.45) is 0 Å². The van der Waals surface area contributed by atoms with Crippen molar-refractivity contribution in [3.8, 4) is 0 Å². The predicted octanol–water partition coefficient (Wildman–Crippen LogP) is 5.19. The highest BCUT2D eigenvalue weighted by Crippen LogP contribution is 2.39. The summed E-state index contributed by atoms with van der Waals surface area (Å²) >= 11 is 1.76. The van der Waals surface area contributed by atoms with E-state index in [0.717, 1.165) is 30.0 Å². The zero-order chi connectivity index (χ0) is 15.8. The van der Waals surface area contributed by atoms with Crippen LogP contribution in [0.15, 0.2) is 0 Å². The first-order valence-electron chi connectivity index (χ1n) is 8.83. The number of hydrogen-bond acceptors (Lipinski definition) is 4. The number of ether oxygens (including phenoxy) is 1. The highest BCUT2D eigenvalue weighted by atomic mass is 32.1. The van der Waals surface area contributed by atoms with Crippen LogP contribution in [-0.4, -0.2) is 19.1 Å². The van der Waals surface area contributed by atoms with E-state index in [1.807, 2.05) is 6.92 Å². The van der Waals surface area contributed by atoms with Crippen LogP contribution in [0, 0.1) is 0 Å². The molecule has 22 heavy (non-hydrogen) atoms. The van der Waals surface area contributed by atoms with Gasteiger partial charge >= 0.3 is 5.97 Å². The normalized spacial score (nSPS) is 13.2. The molecule has 0 bridgehead atoms. The summed E-state index contributed by atoms with van der Waals surface area (Å²) in [7, 11) is 0. The lowest BCUT2D eigenvalue weighted by Gasteiger charge is -2.08. The first-order chi connectivity index (χ1) is 10.8. The zero-order valence-electron chi connectivity index (χ0n) is 14.0. The Morgan fingerprint density at radius 1 is 1.14 bits per heavy atom. The summed E-state index contributed by atoms with van der Waals surface area (Å²) in [6, 6.07) is 0. The summed E-state index contributed by atoms with van der Waals surface area (Å²) in [5.74, 6) is -0.146. The van der Waals surface area contributed by atoms with E-state index in [4.69, 9.17) is 4.74 Å². The smallest absolute Gasteiger partial charge is 0.341 e. The highest BCUT2D eigenvalue weighted by molar-refractivity contribution is 7.16. The molecule has 1 aromatic heterocycles. The fraction of sp³-hybridized carbons (Fsp3) is 0.722. The number of unbranched alkanes of at least 4 members (excludes halogenated alkanes) is 5. The van der Waals surface area contributed by atoms with E-state index in [9.17, 15) is 4.79 Å². The summed E-state index contributed by atoms with van der Waals surface area (Å²) in [6.45, 7) is 5.51. The number of esters is 1. The molecule has 0 saturated heterocycles. The molecule has 1 aliphatic carbocycles. The number of rotatable bonds is 10. The molecule has 1 aromatic rings. The Balaban J connectivity index is 1.86. The second kappa shape index (κ2) is 9.19. The van der Waals surface area contributed by atoms with Crippen LogP contribution in [0.3, 0.4) is 0 Å². The summed E-state index contributed by atoms with van der Waals surface area (Å²) in [6.07, 6.45) is 11.1. The van der Waals surface area contributed by atoms with Crippen molar-refractivity contribution < 1.29 is 9.53 Å². The van der Waals surface area contributed by atoms with Gasteiger partial charge in [0.1, 0.15) is 5.00 Å². The van der Waals surface area contributed by atoms with Gasteiger partial charge in [-0.3, -0.25) is 0 Å². The number of carbonyl (C=O) groups is 1. The second-order valence-corrected chi connectivity index (χ2v) is 7.08. The van der Waals surface area contributed by atoms with Crippen LogP contribution in [0.1, 0.15) is 79.6 Å². The lowest BCUT2D eigenvalue weighted by molar-refractivity contribution is 0.0527. The van der Waals surface area contributed by atoms with Gasteiger partial charge in [0.15, 0.2) is 0 Å². The van der Waals surface area contributed by atoms with Crippen molar-refractivity contribution in [3.05, 3.63) is 16.0 Å². The van der Waals surface area contributed by atoms with Gasteiger partial charge in [0, 0.05) is 11.4 Å². The van der Waals surface area contributed by atoms with Gasteiger partial charge in [-0.05, 0) is 38.2 Å². The predicted molar refractivity (Wildman–Crippen MR) is 94.2 cm³/mol. The third-order valence-corrected chi connectivity index (χ3v) is 5.47. The average molecular weight is 324 g/mol. The Morgan fingerprint density at radius 2 is 1.91 bits per heavy atom. The fourth-order valence-corrected chi connectivity index (χ4v) is 4.36. The van der Waals surface area contributed by atoms with Gasteiger partial charge in [-0.15, -0.1) is 11.3 Å². The van der Waals surface area contributed by atoms with Gasteiger partial charge in [-0.2, -0.15) is 0 Å². The van der Waals surface area contributed by atoms with Crippen molar-refractivity contribution in [3.63, 3.8) is 0 Å². The van der Waals surface area contributed by atoms with Crippen molar-refractivity contribution in [1.29, 1.82) is 0 Å². The average Bonchev–Trinajstić information content (AvgIpc) is 3.06. The van der Waals surface area contributed by atoms with Crippen LogP contribution in [0.2, 0.25) is 0 Å². The Bertz CT molecular complexity index is 482. The third-order valence-electron chi connectivity index (χ3n) is 4.22. The molecule has 0 amide bonds. The number of aryl methyl sites for hydroxylation is 1. The van der Waals surface area contributed by atoms with E-state index in [0.29, 0.717) is 6.61 Å². The van der Waals surface area contributed by atoms with Gasteiger partial charge in [0.2, 0.25) is 0 Å². The molecule has 0 atom stereocenters. The molecule has 1 N–H and O–H groups in total. The molecular weight excluding hydrogens is 294 g/mol. The Morgan fingerprint density at radius 3 is 2.68 bits per heavy atom. The molecule has 0 radical (unpaired) electrons. The standard InChI is InChI=1S/C18H29NO2S/c1-3-5-6-7-8-9-13-19-17-16(18(20)21-4-2)14-11-10-12-15(14)22-17/h19H,3-13H2,1-2H3. The minimum atomic E-state index is -0.146. The third kappa shape index (κ3) is 4.48. The van der Waals surface area contributed by atoms with Crippen molar-refractivity contribution in [2.75, 3.05) is 18.5 Å². The number of thiophene rings is 1. The van der Waals surface area contributed by atoms with Crippen LogP contribution < -0.4 is 5.32 Å². The molecule has 124 valence electrons. The lowest BCUT2D eigenvalue weighted by Crippen LogP contribution is -2.10. The SMILES string of the molecule is CCCCCCCCNc1sc2c(c1C(=O)OCC)CCC2. The lowest BCUT2D eigenvalue weighted by atomic mass is 10.1.